The number of hydrogen-bond donors (Lipinski definition) is 10. The number of likely N-dealkylation sites (tertiary alicyclic amines) is 1. The summed E-state index contributed by atoms with van der Waals surface area (Å²) in [6.45, 7) is 11.9. The zero-order chi connectivity index (χ0) is 46.0. The highest BCUT2D eigenvalue weighted by molar-refractivity contribution is 5.97. The van der Waals surface area contributed by atoms with Crippen LogP contribution in [0.25, 0.3) is 0 Å². The summed E-state index contributed by atoms with van der Waals surface area (Å²) in [5.74, 6) is -6.71. The molecule has 1 aromatic rings. The van der Waals surface area contributed by atoms with E-state index in [0.29, 0.717) is 18.4 Å². The average molecular weight is 858 g/mol. The van der Waals surface area contributed by atoms with E-state index in [4.69, 9.17) is 17.2 Å². The van der Waals surface area contributed by atoms with Crippen molar-refractivity contribution in [3.8, 4) is 0 Å². The Morgan fingerprint density at radius 1 is 0.770 bits per heavy atom. The first-order valence-corrected chi connectivity index (χ1v) is 20.8. The maximum absolute atomic E-state index is 13.9. The van der Waals surface area contributed by atoms with Crippen LogP contribution in [0, 0.1) is 17.8 Å². The Labute approximate surface area is 357 Å². The van der Waals surface area contributed by atoms with Crippen LogP contribution in [0.3, 0.4) is 0 Å². The summed E-state index contributed by atoms with van der Waals surface area (Å²) in [5.41, 5.74) is 17.2. The second-order valence-electron chi connectivity index (χ2n) is 16.5. The van der Waals surface area contributed by atoms with Crippen LogP contribution < -0.4 is 49.1 Å². The molecule has 0 bridgehead atoms. The molecule has 61 heavy (non-hydrogen) atoms. The largest absolute Gasteiger partial charge is 0.480 e. The Morgan fingerprint density at radius 2 is 1.36 bits per heavy atom. The SMILES string of the molecule is CC(C)C[C@H](NC(=O)[C@@H](NC(=O)CNC(=O)[C@@H]1CCCN1C(=O)[C@@H](NC(=O)[C@H](C)N)C(C)C)C(C)C)C(=O)N[C@@H](CCCN=C(N)N)C(=O)N[C@@H](Cc1ccccc1)C(=O)O. The van der Waals surface area contributed by atoms with Gasteiger partial charge in [-0.2, -0.15) is 0 Å². The molecule has 340 valence electrons. The minimum atomic E-state index is -1.31. The number of benzene rings is 1. The number of nitrogens with one attached hydrogen (secondary N) is 6. The number of nitrogens with zero attached hydrogens (tertiary/aromatic N) is 2. The number of nitrogens with two attached hydrogens (primary N) is 3. The zero-order valence-corrected chi connectivity index (χ0v) is 36.4. The molecule has 1 aliphatic heterocycles. The van der Waals surface area contributed by atoms with Gasteiger partial charge >= 0.3 is 5.97 Å². The lowest BCUT2D eigenvalue weighted by Crippen LogP contribution is -2.59. The van der Waals surface area contributed by atoms with Crippen molar-refractivity contribution in [2.24, 2.45) is 39.9 Å². The monoisotopic (exact) mass is 858 g/mol. The summed E-state index contributed by atoms with van der Waals surface area (Å²) in [5, 5.41) is 25.6. The number of carboxylic acids is 1. The van der Waals surface area contributed by atoms with Crippen molar-refractivity contribution in [2.75, 3.05) is 19.6 Å². The van der Waals surface area contributed by atoms with Crippen LogP contribution in [0.2, 0.25) is 0 Å². The van der Waals surface area contributed by atoms with E-state index in [0.717, 1.165) is 0 Å². The quantitative estimate of drug-likeness (QED) is 0.0326. The Bertz CT molecular complexity index is 1700. The molecule has 1 aliphatic rings. The number of hydrogen-bond acceptors (Lipinski definition) is 10. The average Bonchev–Trinajstić information content (AvgIpc) is 3.68. The predicted molar refractivity (Wildman–Crippen MR) is 228 cm³/mol. The summed E-state index contributed by atoms with van der Waals surface area (Å²) in [4.78, 5) is 111. The van der Waals surface area contributed by atoms with Crippen LogP contribution in [-0.2, 0) is 44.8 Å². The van der Waals surface area contributed by atoms with E-state index >= 15 is 0 Å². The molecule has 1 aromatic carbocycles. The number of guanidine groups is 1. The van der Waals surface area contributed by atoms with Gasteiger partial charge in [0.05, 0.1) is 12.6 Å². The fourth-order valence-electron chi connectivity index (χ4n) is 6.66. The summed E-state index contributed by atoms with van der Waals surface area (Å²) in [6.07, 6.45) is 1.27. The molecule has 0 spiro atoms. The van der Waals surface area contributed by atoms with Gasteiger partial charge < -0.3 is 59.1 Å². The molecule has 0 aromatic heterocycles. The number of rotatable bonds is 24. The number of carbonyl (C=O) groups excluding carboxylic acids is 7. The van der Waals surface area contributed by atoms with Crippen LogP contribution in [0.1, 0.15) is 86.1 Å². The topological polar surface area (TPSA) is 323 Å². The second kappa shape index (κ2) is 25.1. The summed E-state index contributed by atoms with van der Waals surface area (Å²) >= 11 is 0. The molecule has 0 radical (unpaired) electrons. The number of aliphatic imine (C=N–C) groups is 1. The third-order valence-electron chi connectivity index (χ3n) is 9.99. The first-order chi connectivity index (χ1) is 28.6. The second-order valence-corrected chi connectivity index (χ2v) is 16.5. The third-order valence-corrected chi connectivity index (χ3v) is 9.99. The first kappa shape index (κ1) is 51.4. The lowest BCUT2D eigenvalue weighted by Gasteiger charge is -2.31. The summed E-state index contributed by atoms with van der Waals surface area (Å²) in [6, 6.07) is 1.23. The molecule has 0 aliphatic carbocycles. The smallest absolute Gasteiger partial charge is 0.326 e. The number of amides is 7. The zero-order valence-electron chi connectivity index (χ0n) is 36.4. The fraction of sp³-hybridized carbons (Fsp3) is 0.634. The van der Waals surface area contributed by atoms with Gasteiger partial charge in [0, 0.05) is 19.5 Å². The van der Waals surface area contributed by atoms with Gasteiger partial charge in [-0.05, 0) is 62.3 Å². The van der Waals surface area contributed by atoms with Crippen LogP contribution in [0.15, 0.2) is 35.3 Å². The van der Waals surface area contributed by atoms with E-state index in [1.165, 1.54) is 11.8 Å². The highest BCUT2D eigenvalue weighted by Gasteiger charge is 2.39. The highest BCUT2D eigenvalue weighted by atomic mass is 16.4. The van der Waals surface area contributed by atoms with Crippen LogP contribution in [0.5, 0.6) is 0 Å². The Balaban J connectivity index is 2.16. The van der Waals surface area contributed by atoms with Crippen LogP contribution >= 0.6 is 0 Å². The molecule has 2 rings (SSSR count). The predicted octanol–water partition coefficient (Wildman–Crippen LogP) is -1.40. The number of aliphatic carboxylic acids is 1. The molecule has 7 atom stereocenters. The summed E-state index contributed by atoms with van der Waals surface area (Å²) < 4.78 is 0. The van der Waals surface area contributed by atoms with Crippen molar-refractivity contribution in [1.82, 2.24) is 36.8 Å². The van der Waals surface area contributed by atoms with Gasteiger partial charge in [-0.25, -0.2) is 4.79 Å². The number of carboxylic acid groups (broad SMARTS) is 1. The Kier molecular flexibility index (Phi) is 21.1. The third kappa shape index (κ3) is 17.4. The van der Waals surface area contributed by atoms with E-state index in [1.807, 2.05) is 13.8 Å². The van der Waals surface area contributed by atoms with Gasteiger partial charge in [-0.15, -0.1) is 0 Å². The Hall–Kier alpha value is -5.79. The van der Waals surface area contributed by atoms with Gasteiger partial charge in [0.15, 0.2) is 5.96 Å². The van der Waals surface area contributed by atoms with Gasteiger partial charge in [-0.3, -0.25) is 38.6 Å². The molecule has 1 heterocycles. The fourth-order valence-corrected chi connectivity index (χ4v) is 6.66. The Morgan fingerprint density at radius 3 is 1.92 bits per heavy atom. The van der Waals surface area contributed by atoms with E-state index in [1.54, 1.807) is 58.0 Å². The van der Waals surface area contributed by atoms with Gasteiger partial charge in [-0.1, -0.05) is 71.9 Å². The molecule has 1 saturated heterocycles. The maximum Gasteiger partial charge on any atom is 0.326 e. The molecule has 1 fully saturated rings. The van der Waals surface area contributed by atoms with Gasteiger partial charge in [0.25, 0.3) is 0 Å². The van der Waals surface area contributed by atoms with Crippen LogP contribution in [-0.4, -0.2) is 125 Å². The normalized spacial score (nSPS) is 16.6. The standard InChI is InChI=1S/C41H67N11O9/c1-22(2)19-28(36(56)47-27(15-11-17-45-41(43)44)35(55)49-29(40(60)61)20-26-13-9-8-10-14-26)48-38(58)32(23(3)4)50-31(53)21-46-37(57)30-16-12-18-52(30)39(59)33(24(5)6)51-34(54)25(7)42/h8-10,13-14,22-25,27-30,32-33H,11-12,15-21,42H2,1-7H3,(H,46,57)(H,47,56)(H,48,58)(H,49,55)(H,50,53)(H,51,54)(H,60,61)(H4,43,44,45)/t25-,27-,28-,29-,30-,32-,33-/m0/s1. The lowest BCUT2D eigenvalue weighted by atomic mass is 9.99. The van der Waals surface area contributed by atoms with Gasteiger partial charge in [0.2, 0.25) is 41.4 Å². The van der Waals surface area contributed by atoms with Crippen molar-refractivity contribution in [3.63, 3.8) is 0 Å². The molecule has 20 heteroatoms. The molecule has 13 N–H and O–H groups in total. The maximum atomic E-state index is 13.9. The molecule has 20 nitrogen and oxygen atoms in total. The van der Waals surface area contributed by atoms with E-state index < -0.39 is 102 Å². The minimum absolute atomic E-state index is 0.0119. The van der Waals surface area contributed by atoms with Crippen molar-refractivity contribution in [2.45, 2.75) is 129 Å². The van der Waals surface area contributed by atoms with E-state index in [9.17, 15) is 43.5 Å². The first-order valence-electron chi connectivity index (χ1n) is 20.8. The molecular weight excluding hydrogens is 791 g/mol. The van der Waals surface area contributed by atoms with Crippen molar-refractivity contribution < 1.29 is 43.5 Å². The minimum Gasteiger partial charge on any atom is -0.480 e. The van der Waals surface area contributed by atoms with E-state index in [-0.39, 0.29) is 56.6 Å². The molecule has 7 amide bonds. The lowest BCUT2D eigenvalue weighted by molar-refractivity contribution is -0.142. The summed E-state index contributed by atoms with van der Waals surface area (Å²) in [7, 11) is 0. The van der Waals surface area contributed by atoms with Crippen molar-refractivity contribution in [3.05, 3.63) is 35.9 Å². The molecule has 0 unspecified atom stereocenters. The van der Waals surface area contributed by atoms with Crippen LogP contribution in [0.4, 0.5) is 0 Å². The van der Waals surface area contributed by atoms with Crippen molar-refractivity contribution in [1.29, 1.82) is 0 Å². The molecular formula is C41H67N11O9. The molecule has 0 saturated carbocycles. The van der Waals surface area contributed by atoms with E-state index in [2.05, 4.69) is 36.9 Å². The van der Waals surface area contributed by atoms with Gasteiger partial charge in [0.1, 0.15) is 36.3 Å². The van der Waals surface area contributed by atoms with Crippen molar-refractivity contribution >= 4 is 53.3 Å². The number of carbonyl (C=O) groups is 8. The highest BCUT2D eigenvalue weighted by Crippen LogP contribution is 2.21.